The fourth-order valence-corrected chi connectivity index (χ4v) is 2.88. The van der Waals surface area contributed by atoms with Crippen molar-refractivity contribution in [3.8, 4) is 0 Å². The SMILES string of the molecule is CC(C)c1ccc2cnn(CC3CCCC3=O)c2c1. The Morgan fingerprint density at radius 1 is 1.42 bits per heavy atom. The van der Waals surface area contributed by atoms with E-state index in [2.05, 4.69) is 37.1 Å². The van der Waals surface area contributed by atoms with Crippen LogP contribution in [-0.2, 0) is 11.3 Å². The van der Waals surface area contributed by atoms with Gasteiger partial charge in [-0.05, 0) is 30.4 Å². The second kappa shape index (κ2) is 4.80. The maximum Gasteiger partial charge on any atom is 0.137 e. The highest BCUT2D eigenvalue weighted by Gasteiger charge is 2.25. The number of carbonyl (C=O) groups is 1. The van der Waals surface area contributed by atoms with E-state index in [4.69, 9.17) is 0 Å². The van der Waals surface area contributed by atoms with Gasteiger partial charge in [0, 0.05) is 17.7 Å². The highest BCUT2D eigenvalue weighted by Crippen LogP contribution is 2.26. The average molecular weight is 256 g/mol. The van der Waals surface area contributed by atoms with Crippen LogP contribution in [0.1, 0.15) is 44.6 Å². The van der Waals surface area contributed by atoms with Gasteiger partial charge in [0.1, 0.15) is 5.78 Å². The summed E-state index contributed by atoms with van der Waals surface area (Å²) in [7, 11) is 0. The number of Topliss-reactive ketones (excluding diaryl/α,β-unsaturated/α-hetero) is 1. The second-order valence-electron chi connectivity index (χ2n) is 5.86. The Morgan fingerprint density at radius 2 is 2.26 bits per heavy atom. The van der Waals surface area contributed by atoms with Crippen molar-refractivity contribution in [3.63, 3.8) is 0 Å². The summed E-state index contributed by atoms with van der Waals surface area (Å²) in [5, 5.41) is 5.62. The van der Waals surface area contributed by atoms with E-state index < -0.39 is 0 Å². The van der Waals surface area contributed by atoms with Crippen molar-refractivity contribution in [1.29, 1.82) is 0 Å². The number of ketones is 1. The fourth-order valence-electron chi connectivity index (χ4n) is 2.88. The molecule has 0 saturated heterocycles. The number of hydrogen-bond donors (Lipinski definition) is 0. The third kappa shape index (κ3) is 2.29. The Bertz CT molecular complexity index is 612. The topological polar surface area (TPSA) is 34.9 Å². The van der Waals surface area contributed by atoms with E-state index in [1.165, 1.54) is 5.56 Å². The molecule has 100 valence electrons. The summed E-state index contributed by atoms with van der Waals surface area (Å²) in [5.74, 6) is 1.09. The first kappa shape index (κ1) is 12.4. The van der Waals surface area contributed by atoms with E-state index in [0.717, 1.165) is 36.7 Å². The number of fused-ring (bicyclic) bond motifs is 1. The van der Waals surface area contributed by atoms with Crippen molar-refractivity contribution in [2.24, 2.45) is 5.92 Å². The van der Waals surface area contributed by atoms with Crippen LogP contribution in [0, 0.1) is 5.92 Å². The molecule has 0 aliphatic heterocycles. The lowest BCUT2D eigenvalue weighted by Crippen LogP contribution is -2.15. The van der Waals surface area contributed by atoms with Crippen molar-refractivity contribution in [1.82, 2.24) is 9.78 Å². The molecule has 1 aromatic carbocycles. The van der Waals surface area contributed by atoms with Crippen LogP contribution in [0.5, 0.6) is 0 Å². The van der Waals surface area contributed by atoms with Crippen LogP contribution in [0.2, 0.25) is 0 Å². The molecular formula is C16H20N2O. The van der Waals surface area contributed by atoms with Gasteiger partial charge >= 0.3 is 0 Å². The highest BCUT2D eigenvalue weighted by molar-refractivity contribution is 5.83. The van der Waals surface area contributed by atoms with Crippen LogP contribution in [0.15, 0.2) is 24.4 Å². The maximum atomic E-state index is 11.8. The van der Waals surface area contributed by atoms with E-state index in [1.807, 2.05) is 10.9 Å². The first-order valence-electron chi connectivity index (χ1n) is 7.13. The van der Waals surface area contributed by atoms with Gasteiger partial charge < -0.3 is 0 Å². The Balaban J connectivity index is 1.94. The number of aromatic nitrogens is 2. The predicted octanol–water partition coefficient (Wildman–Crippen LogP) is 3.53. The second-order valence-corrected chi connectivity index (χ2v) is 5.86. The molecule has 0 N–H and O–H groups in total. The van der Waals surface area contributed by atoms with Gasteiger partial charge in [-0.3, -0.25) is 9.48 Å². The van der Waals surface area contributed by atoms with Gasteiger partial charge in [-0.25, -0.2) is 0 Å². The van der Waals surface area contributed by atoms with Gasteiger partial charge in [0.25, 0.3) is 0 Å². The number of nitrogens with zero attached hydrogens (tertiary/aromatic N) is 2. The quantitative estimate of drug-likeness (QED) is 0.842. The number of carbonyl (C=O) groups excluding carboxylic acids is 1. The summed E-state index contributed by atoms with van der Waals surface area (Å²) in [5.41, 5.74) is 2.48. The summed E-state index contributed by atoms with van der Waals surface area (Å²) in [6.45, 7) is 5.13. The molecule has 1 aliphatic carbocycles. The zero-order valence-electron chi connectivity index (χ0n) is 11.6. The molecule has 1 atom stereocenters. The lowest BCUT2D eigenvalue weighted by Gasteiger charge is -2.10. The number of hydrogen-bond acceptors (Lipinski definition) is 2. The lowest BCUT2D eigenvalue weighted by molar-refractivity contribution is -0.121. The van der Waals surface area contributed by atoms with E-state index in [-0.39, 0.29) is 5.92 Å². The van der Waals surface area contributed by atoms with Crippen LogP contribution in [0.25, 0.3) is 10.9 Å². The van der Waals surface area contributed by atoms with Gasteiger partial charge in [-0.15, -0.1) is 0 Å². The van der Waals surface area contributed by atoms with Crippen molar-refractivity contribution in [2.75, 3.05) is 0 Å². The zero-order chi connectivity index (χ0) is 13.4. The molecule has 1 fully saturated rings. The minimum Gasteiger partial charge on any atom is -0.299 e. The minimum atomic E-state index is 0.172. The molecule has 1 aliphatic rings. The van der Waals surface area contributed by atoms with Gasteiger partial charge in [0.05, 0.1) is 18.3 Å². The molecule has 0 bridgehead atoms. The molecule has 1 heterocycles. The van der Waals surface area contributed by atoms with Crippen molar-refractivity contribution in [3.05, 3.63) is 30.0 Å². The smallest absolute Gasteiger partial charge is 0.137 e. The maximum absolute atomic E-state index is 11.8. The standard InChI is InChI=1S/C16H20N2O/c1-11(2)12-6-7-13-9-17-18(15(13)8-12)10-14-4-3-5-16(14)19/h6-9,11,14H,3-5,10H2,1-2H3. The summed E-state index contributed by atoms with van der Waals surface area (Å²) in [6, 6.07) is 6.51. The molecule has 1 saturated carbocycles. The molecule has 3 nitrogen and oxygen atoms in total. The summed E-state index contributed by atoms with van der Waals surface area (Å²) >= 11 is 0. The normalized spacial score (nSPS) is 19.7. The first-order chi connectivity index (χ1) is 9.15. The zero-order valence-corrected chi connectivity index (χ0v) is 11.6. The van der Waals surface area contributed by atoms with Crippen LogP contribution < -0.4 is 0 Å². The van der Waals surface area contributed by atoms with Gasteiger partial charge in [-0.1, -0.05) is 26.0 Å². The molecule has 0 spiro atoms. The van der Waals surface area contributed by atoms with Gasteiger partial charge in [-0.2, -0.15) is 5.10 Å². The Kier molecular flexibility index (Phi) is 3.13. The van der Waals surface area contributed by atoms with E-state index in [0.29, 0.717) is 11.7 Å². The third-order valence-corrected chi connectivity index (χ3v) is 4.16. The highest BCUT2D eigenvalue weighted by atomic mass is 16.1. The van der Waals surface area contributed by atoms with Gasteiger partial charge in [0.15, 0.2) is 0 Å². The van der Waals surface area contributed by atoms with E-state index in [9.17, 15) is 4.79 Å². The molecule has 3 rings (SSSR count). The number of rotatable bonds is 3. The largest absolute Gasteiger partial charge is 0.299 e. The van der Waals surface area contributed by atoms with Crippen molar-refractivity contribution >= 4 is 16.7 Å². The van der Waals surface area contributed by atoms with Crippen molar-refractivity contribution < 1.29 is 4.79 Å². The van der Waals surface area contributed by atoms with E-state index in [1.54, 1.807) is 0 Å². The predicted molar refractivity (Wildman–Crippen MR) is 76.2 cm³/mol. The fraction of sp³-hybridized carbons (Fsp3) is 0.500. The third-order valence-electron chi connectivity index (χ3n) is 4.16. The number of benzene rings is 1. The molecule has 0 radical (unpaired) electrons. The summed E-state index contributed by atoms with van der Waals surface area (Å²) < 4.78 is 2.01. The lowest BCUT2D eigenvalue weighted by atomic mass is 10.0. The average Bonchev–Trinajstić information content (AvgIpc) is 2.97. The van der Waals surface area contributed by atoms with Gasteiger partial charge in [0.2, 0.25) is 0 Å². The molecular weight excluding hydrogens is 236 g/mol. The molecule has 3 heteroatoms. The minimum absolute atomic E-state index is 0.172. The summed E-state index contributed by atoms with van der Waals surface area (Å²) in [4.78, 5) is 11.8. The molecule has 1 unspecified atom stereocenters. The molecule has 19 heavy (non-hydrogen) atoms. The van der Waals surface area contributed by atoms with Crippen LogP contribution in [-0.4, -0.2) is 15.6 Å². The van der Waals surface area contributed by atoms with Crippen LogP contribution >= 0.6 is 0 Å². The van der Waals surface area contributed by atoms with Crippen LogP contribution in [0.4, 0.5) is 0 Å². The monoisotopic (exact) mass is 256 g/mol. The Hall–Kier alpha value is -1.64. The first-order valence-corrected chi connectivity index (χ1v) is 7.13. The Morgan fingerprint density at radius 3 is 2.95 bits per heavy atom. The van der Waals surface area contributed by atoms with Crippen LogP contribution in [0.3, 0.4) is 0 Å². The molecule has 0 amide bonds. The molecule has 1 aromatic heterocycles. The molecule has 2 aromatic rings. The van der Waals surface area contributed by atoms with E-state index >= 15 is 0 Å². The Labute approximate surface area is 113 Å². The van der Waals surface area contributed by atoms with Crippen molar-refractivity contribution in [2.45, 2.75) is 45.6 Å². The summed E-state index contributed by atoms with van der Waals surface area (Å²) in [6.07, 6.45) is 4.71.